The van der Waals surface area contributed by atoms with Gasteiger partial charge in [0.2, 0.25) is 5.91 Å². The molecule has 1 amide bonds. The lowest BCUT2D eigenvalue weighted by Gasteiger charge is -2.21. The van der Waals surface area contributed by atoms with Gasteiger partial charge in [0, 0.05) is 47.8 Å². The standard InChI is InChI=1S/C31H31FN8O/c1-17(2)31(41)35-23-10-21(12-33-13-23)19-5-6-26-24(11-19)29(39-38-26)30-36-27-15-34-14-25(28(27)37-30)20-7-18(16-40(3)4)8-22(32)9-20/h5-7,9-15,17-18H,8,16H2,1-4H3,(H,35,41)(H,36,37)(H,38,39). The zero-order valence-corrected chi connectivity index (χ0v) is 23.4. The van der Waals surface area contributed by atoms with Crippen molar-refractivity contribution in [1.82, 2.24) is 35.0 Å². The van der Waals surface area contributed by atoms with E-state index in [0.29, 0.717) is 29.1 Å². The van der Waals surface area contributed by atoms with Crippen LogP contribution in [0.1, 0.15) is 25.8 Å². The number of amides is 1. The molecular formula is C31H31FN8O. The number of hydrogen-bond donors (Lipinski definition) is 3. The van der Waals surface area contributed by atoms with Gasteiger partial charge in [-0.05, 0) is 55.4 Å². The summed E-state index contributed by atoms with van der Waals surface area (Å²) >= 11 is 0. The molecule has 0 radical (unpaired) electrons. The van der Waals surface area contributed by atoms with Crippen molar-refractivity contribution >= 4 is 39.1 Å². The van der Waals surface area contributed by atoms with E-state index in [4.69, 9.17) is 4.98 Å². The maximum absolute atomic E-state index is 14.6. The molecule has 3 N–H and O–H groups in total. The van der Waals surface area contributed by atoms with Gasteiger partial charge < -0.3 is 15.2 Å². The van der Waals surface area contributed by atoms with Crippen molar-refractivity contribution in [3.05, 3.63) is 72.6 Å². The molecule has 1 aliphatic carbocycles. The first-order valence-corrected chi connectivity index (χ1v) is 13.6. The lowest BCUT2D eigenvalue weighted by molar-refractivity contribution is -0.118. The Hall–Kier alpha value is -4.70. The average molecular weight is 551 g/mol. The summed E-state index contributed by atoms with van der Waals surface area (Å²) in [4.78, 5) is 31.3. The maximum atomic E-state index is 14.6. The van der Waals surface area contributed by atoms with Gasteiger partial charge in [0.25, 0.3) is 0 Å². The predicted molar refractivity (Wildman–Crippen MR) is 160 cm³/mol. The molecule has 0 saturated carbocycles. The van der Waals surface area contributed by atoms with Crippen molar-refractivity contribution in [2.75, 3.05) is 26.0 Å². The number of halogens is 1. The van der Waals surface area contributed by atoms with Crippen LogP contribution in [-0.4, -0.2) is 61.6 Å². The third-order valence-electron chi connectivity index (χ3n) is 7.14. The zero-order valence-electron chi connectivity index (χ0n) is 23.4. The average Bonchev–Trinajstić information content (AvgIpc) is 3.56. The minimum atomic E-state index is -0.143. The Labute approximate surface area is 236 Å². The first-order valence-electron chi connectivity index (χ1n) is 13.6. The Morgan fingerprint density at radius 2 is 1.93 bits per heavy atom. The summed E-state index contributed by atoms with van der Waals surface area (Å²) in [5, 5.41) is 11.4. The van der Waals surface area contributed by atoms with E-state index >= 15 is 0 Å². The fourth-order valence-electron chi connectivity index (χ4n) is 5.18. The van der Waals surface area contributed by atoms with E-state index in [0.717, 1.165) is 45.2 Å². The molecule has 0 spiro atoms. The normalized spacial score (nSPS) is 15.5. The number of hydrogen-bond acceptors (Lipinski definition) is 6. The van der Waals surface area contributed by atoms with Gasteiger partial charge >= 0.3 is 0 Å². The van der Waals surface area contributed by atoms with Gasteiger partial charge in [0.1, 0.15) is 11.5 Å². The molecule has 208 valence electrons. The summed E-state index contributed by atoms with van der Waals surface area (Å²) < 4.78 is 14.6. The monoisotopic (exact) mass is 550 g/mol. The van der Waals surface area contributed by atoms with Crippen LogP contribution in [0.3, 0.4) is 0 Å². The Bertz CT molecular complexity index is 1830. The highest BCUT2D eigenvalue weighted by Crippen LogP contribution is 2.35. The Balaban J connectivity index is 1.38. The Kier molecular flexibility index (Phi) is 6.92. The van der Waals surface area contributed by atoms with Crippen molar-refractivity contribution in [2.24, 2.45) is 11.8 Å². The highest BCUT2D eigenvalue weighted by molar-refractivity contribution is 5.98. The SMILES string of the molecule is CC(C)C(=O)Nc1cncc(-c2ccc3[nH]nc(-c4nc5c(C6=CC(CN(C)C)CC(F)=C6)cncc5[nH]4)c3c2)c1. The van der Waals surface area contributed by atoms with Crippen LogP contribution in [0.2, 0.25) is 0 Å². The van der Waals surface area contributed by atoms with Gasteiger partial charge in [-0.2, -0.15) is 5.10 Å². The van der Waals surface area contributed by atoms with Crippen LogP contribution in [0.15, 0.2) is 67.0 Å². The number of H-pyrrole nitrogens is 2. The lowest BCUT2D eigenvalue weighted by atomic mass is 9.91. The molecule has 1 unspecified atom stereocenters. The number of nitrogens with zero attached hydrogens (tertiary/aromatic N) is 5. The topological polar surface area (TPSA) is 115 Å². The Morgan fingerprint density at radius 3 is 2.73 bits per heavy atom. The van der Waals surface area contributed by atoms with Gasteiger partial charge in [-0.1, -0.05) is 26.0 Å². The minimum absolute atomic E-state index is 0.0642. The molecule has 5 aromatic rings. The van der Waals surface area contributed by atoms with Gasteiger partial charge in [-0.25, -0.2) is 9.37 Å². The van der Waals surface area contributed by atoms with E-state index in [9.17, 15) is 9.18 Å². The molecule has 0 saturated heterocycles. The van der Waals surface area contributed by atoms with Crippen LogP contribution < -0.4 is 5.32 Å². The molecule has 1 aromatic carbocycles. The molecule has 0 fully saturated rings. The minimum Gasteiger partial charge on any atom is -0.335 e. The van der Waals surface area contributed by atoms with Crippen molar-refractivity contribution in [3.63, 3.8) is 0 Å². The molecule has 0 aliphatic heterocycles. The molecular weight excluding hydrogens is 519 g/mol. The van der Waals surface area contributed by atoms with Crippen LogP contribution >= 0.6 is 0 Å². The van der Waals surface area contributed by atoms with Gasteiger partial charge in [0.15, 0.2) is 5.82 Å². The second kappa shape index (κ2) is 10.7. The molecule has 0 bridgehead atoms. The molecule has 41 heavy (non-hydrogen) atoms. The second-order valence-electron chi connectivity index (χ2n) is 11.0. The van der Waals surface area contributed by atoms with Crippen LogP contribution in [0, 0.1) is 11.8 Å². The number of rotatable bonds is 7. The number of pyridine rings is 2. The highest BCUT2D eigenvalue weighted by Gasteiger charge is 2.21. The number of carbonyl (C=O) groups excluding carboxylic acids is 1. The zero-order chi connectivity index (χ0) is 28.7. The molecule has 1 aliphatic rings. The predicted octanol–water partition coefficient (Wildman–Crippen LogP) is 5.98. The lowest BCUT2D eigenvalue weighted by Crippen LogP contribution is -2.21. The van der Waals surface area contributed by atoms with Crippen LogP contribution in [0.4, 0.5) is 10.1 Å². The number of anilines is 1. The molecule has 6 rings (SSSR count). The van der Waals surface area contributed by atoms with E-state index in [-0.39, 0.29) is 23.6 Å². The number of aromatic nitrogens is 6. The molecule has 4 aromatic heterocycles. The van der Waals surface area contributed by atoms with Crippen molar-refractivity contribution < 1.29 is 9.18 Å². The third kappa shape index (κ3) is 5.38. The fraction of sp³-hybridized carbons (Fsp3) is 0.258. The van der Waals surface area contributed by atoms with Crippen molar-refractivity contribution in [1.29, 1.82) is 0 Å². The molecule has 9 nitrogen and oxygen atoms in total. The summed E-state index contributed by atoms with van der Waals surface area (Å²) in [5.41, 5.74) is 6.94. The number of carbonyl (C=O) groups is 1. The smallest absolute Gasteiger partial charge is 0.226 e. The largest absolute Gasteiger partial charge is 0.335 e. The van der Waals surface area contributed by atoms with E-state index in [1.54, 1.807) is 30.9 Å². The molecule has 4 heterocycles. The summed E-state index contributed by atoms with van der Waals surface area (Å²) in [7, 11) is 3.98. The number of imidazole rings is 1. The summed E-state index contributed by atoms with van der Waals surface area (Å²) in [5.74, 6) is 0.311. The van der Waals surface area contributed by atoms with E-state index in [1.807, 2.05) is 52.2 Å². The van der Waals surface area contributed by atoms with Crippen molar-refractivity contribution in [3.8, 4) is 22.6 Å². The van der Waals surface area contributed by atoms with E-state index in [2.05, 4.69) is 41.4 Å². The first kappa shape index (κ1) is 26.5. The maximum Gasteiger partial charge on any atom is 0.226 e. The van der Waals surface area contributed by atoms with Gasteiger partial charge in [-0.15, -0.1) is 0 Å². The summed E-state index contributed by atoms with van der Waals surface area (Å²) in [6.07, 6.45) is 10.9. The highest BCUT2D eigenvalue weighted by atomic mass is 19.1. The quantitative estimate of drug-likeness (QED) is 0.230. The van der Waals surface area contributed by atoms with Crippen LogP contribution in [0.25, 0.3) is 50.2 Å². The van der Waals surface area contributed by atoms with E-state index < -0.39 is 0 Å². The number of aromatic amines is 2. The number of nitrogens with one attached hydrogen (secondary N) is 3. The van der Waals surface area contributed by atoms with Crippen molar-refractivity contribution in [2.45, 2.75) is 20.3 Å². The van der Waals surface area contributed by atoms with Crippen LogP contribution in [-0.2, 0) is 4.79 Å². The summed E-state index contributed by atoms with van der Waals surface area (Å²) in [6, 6.07) is 7.87. The third-order valence-corrected chi connectivity index (χ3v) is 7.14. The number of benzene rings is 1. The summed E-state index contributed by atoms with van der Waals surface area (Å²) in [6.45, 7) is 4.45. The molecule has 1 atom stereocenters. The first-order chi connectivity index (χ1) is 19.7. The number of allylic oxidation sites excluding steroid dienone is 3. The second-order valence-corrected chi connectivity index (χ2v) is 11.0. The number of fused-ring (bicyclic) bond motifs is 2. The fourth-order valence-corrected chi connectivity index (χ4v) is 5.18. The van der Waals surface area contributed by atoms with Crippen LogP contribution in [0.5, 0.6) is 0 Å². The van der Waals surface area contributed by atoms with E-state index in [1.165, 1.54) is 0 Å². The van der Waals surface area contributed by atoms with Gasteiger partial charge in [-0.3, -0.25) is 19.9 Å². The van der Waals surface area contributed by atoms with Gasteiger partial charge in [0.05, 0.1) is 34.6 Å². The molecule has 10 heteroatoms. The Morgan fingerprint density at radius 1 is 1.10 bits per heavy atom.